The number of primary amides is 1. The van der Waals surface area contributed by atoms with Gasteiger partial charge in [0.2, 0.25) is 5.91 Å². The molecular weight excluding hydrogens is 222 g/mol. The molecule has 0 aromatic carbocycles. The predicted octanol–water partition coefficient (Wildman–Crippen LogP) is -0.486. The lowest BCUT2D eigenvalue weighted by Gasteiger charge is -2.05. The average molecular weight is 237 g/mol. The SMILES string of the molecule is CCCNC(=O)CNc1ccc(C(N)=O)nn1. The van der Waals surface area contributed by atoms with Gasteiger partial charge in [0.15, 0.2) is 5.69 Å². The Bertz CT molecular complexity index is 390. The largest absolute Gasteiger partial charge is 0.364 e. The van der Waals surface area contributed by atoms with Crippen molar-refractivity contribution < 1.29 is 9.59 Å². The highest BCUT2D eigenvalue weighted by Crippen LogP contribution is 2.00. The Balaban J connectivity index is 2.42. The molecule has 0 aliphatic heterocycles. The normalized spacial score (nSPS) is 9.71. The van der Waals surface area contributed by atoms with Crippen LogP contribution < -0.4 is 16.4 Å². The zero-order chi connectivity index (χ0) is 12.7. The van der Waals surface area contributed by atoms with Gasteiger partial charge in [0.25, 0.3) is 5.91 Å². The van der Waals surface area contributed by atoms with Gasteiger partial charge >= 0.3 is 0 Å². The van der Waals surface area contributed by atoms with Gasteiger partial charge in [0.1, 0.15) is 5.82 Å². The van der Waals surface area contributed by atoms with Crippen molar-refractivity contribution in [3.63, 3.8) is 0 Å². The lowest BCUT2D eigenvalue weighted by molar-refractivity contribution is -0.119. The van der Waals surface area contributed by atoms with Gasteiger partial charge in [-0.15, -0.1) is 10.2 Å². The summed E-state index contributed by atoms with van der Waals surface area (Å²) in [7, 11) is 0. The molecular formula is C10H15N5O2. The molecule has 7 heteroatoms. The molecule has 0 unspecified atom stereocenters. The van der Waals surface area contributed by atoms with Crippen LogP contribution in [-0.4, -0.2) is 35.1 Å². The van der Waals surface area contributed by atoms with Crippen LogP contribution in [0.1, 0.15) is 23.8 Å². The van der Waals surface area contributed by atoms with Crippen molar-refractivity contribution in [2.45, 2.75) is 13.3 Å². The molecule has 7 nitrogen and oxygen atoms in total. The van der Waals surface area contributed by atoms with Gasteiger partial charge < -0.3 is 16.4 Å². The fourth-order valence-corrected chi connectivity index (χ4v) is 1.06. The van der Waals surface area contributed by atoms with Crippen molar-refractivity contribution in [2.24, 2.45) is 5.73 Å². The number of aromatic nitrogens is 2. The third kappa shape index (κ3) is 4.45. The van der Waals surface area contributed by atoms with Gasteiger partial charge in [-0.05, 0) is 18.6 Å². The van der Waals surface area contributed by atoms with Crippen LogP contribution in [0, 0.1) is 0 Å². The summed E-state index contributed by atoms with van der Waals surface area (Å²) in [6.07, 6.45) is 0.888. The molecule has 4 N–H and O–H groups in total. The van der Waals surface area contributed by atoms with Gasteiger partial charge in [0, 0.05) is 6.54 Å². The number of hydrogen-bond acceptors (Lipinski definition) is 5. The minimum atomic E-state index is -0.635. The molecule has 0 radical (unpaired) electrons. The summed E-state index contributed by atoms with van der Waals surface area (Å²) in [4.78, 5) is 22.0. The number of carbonyl (C=O) groups is 2. The van der Waals surface area contributed by atoms with Crippen LogP contribution >= 0.6 is 0 Å². The Hall–Kier alpha value is -2.18. The summed E-state index contributed by atoms with van der Waals surface area (Å²) in [5, 5.41) is 12.8. The van der Waals surface area contributed by atoms with Crippen molar-refractivity contribution in [1.82, 2.24) is 15.5 Å². The number of amides is 2. The fourth-order valence-electron chi connectivity index (χ4n) is 1.06. The van der Waals surface area contributed by atoms with E-state index in [9.17, 15) is 9.59 Å². The van der Waals surface area contributed by atoms with Crippen LogP contribution in [0.25, 0.3) is 0 Å². The van der Waals surface area contributed by atoms with E-state index in [1.165, 1.54) is 6.07 Å². The second-order valence-electron chi connectivity index (χ2n) is 3.37. The Morgan fingerprint density at radius 3 is 2.65 bits per heavy atom. The first-order chi connectivity index (χ1) is 8.13. The molecule has 0 saturated carbocycles. The Morgan fingerprint density at radius 1 is 1.35 bits per heavy atom. The highest BCUT2D eigenvalue weighted by Gasteiger charge is 2.04. The Kier molecular flexibility index (Phi) is 4.86. The molecule has 1 rings (SSSR count). The predicted molar refractivity (Wildman–Crippen MR) is 62.3 cm³/mol. The summed E-state index contributed by atoms with van der Waals surface area (Å²) in [6.45, 7) is 2.74. The van der Waals surface area contributed by atoms with Crippen molar-refractivity contribution in [1.29, 1.82) is 0 Å². The van der Waals surface area contributed by atoms with Crippen LogP contribution in [0.5, 0.6) is 0 Å². The van der Waals surface area contributed by atoms with Crippen LogP contribution in [0.2, 0.25) is 0 Å². The first-order valence-corrected chi connectivity index (χ1v) is 5.27. The second-order valence-corrected chi connectivity index (χ2v) is 3.37. The van der Waals surface area contributed by atoms with Gasteiger partial charge in [0.05, 0.1) is 6.54 Å². The number of anilines is 1. The van der Waals surface area contributed by atoms with E-state index in [0.29, 0.717) is 12.4 Å². The van der Waals surface area contributed by atoms with Gasteiger partial charge in [-0.25, -0.2) is 0 Å². The first-order valence-electron chi connectivity index (χ1n) is 5.27. The lowest BCUT2D eigenvalue weighted by Crippen LogP contribution is -2.30. The van der Waals surface area contributed by atoms with Crippen LogP contribution in [0.15, 0.2) is 12.1 Å². The smallest absolute Gasteiger partial charge is 0.269 e. The Morgan fingerprint density at radius 2 is 2.12 bits per heavy atom. The van der Waals surface area contributed by atoms with Gasteiger partial charge in [-0.2, -0.15) is 0 Å². The van der Waals surface area contributed by atoms with E-state index in [2.05, 4.69) is 20.8 Å². The van der Waals surface area contributed by atoms with E-state index < -0.39 is 5.91 Å². The van der Waals surface area contributed by atoms with Crippen molar-refractivity contribution in [2.75, 3.05) is 18.4 Å². The van der Waals surface area contributed by atoms with E-state index in [4.69, 9.17) is 5.73 Å². The zero-order valence-electron chi connectivity index (χ0n) is 9.56. The van der Waals surface area contributed by atoms with Crippen molar-refractivity contribution in [3.05, 3.63) is 17.8 Å². The highest BCUT2D eigenvalue weighted by molar-refractivity contribution is 5.90. The van der Waals surface area contributed by atoms with E-state index >= 15 is 0 Å². The summed E-state index contributed by atoms with van der Waals surface area (Å²) in [5.41, 5.74) is 5.10. The second kappa shape index (κ2) is 6.41. The van der Waals surface area contributed by atoms with Crippen molar-refractivity contribution >= 4 is 17.6 Å². The molecule has 2 amide bonds. The summed E-state index contributed by atoms with van der Waals surface area (Å²) < 4.78 is 0. The topological polar surface area (TPSA) is 110 Å². The van der Waals surface area contributed by atoms with E-state index in [1.807, 2.05) is 6.92 Å². The fraction of sp³-hybridized carbons (Fsp3) is 0.400. The standard InChI is InChI=1S/C10H15N5O2/c1-2-5-12-9(16)6-13-8-4-3-7(10(11)17)14-15-8/h3-4H,2,5-6H2,1H3,(H2,11,17)(H,12,16)(H,13,15). The van der Waals surface area contributed by atoms with Crippen LogP contribution in [-0.2, 0) is 4.79 Å². The maximum atomic E-state index is 11.3. The molecule has 1 aromatic rings. The molecule has 1 heterocycles. The van der Waals surface area contributed by atoms with Gasteiger partial charge in [-0.3, -0.25) is 9.59 Å². The minimum Gasteiger partial charge on any atom is -0.364 e. The molecule has 0 atom stereocenters. The van der Waals surface area contributed by atoms with E-state index in [1.54, 1.807) is 6.07 Å². The Labute approximate surface area is 98.8 Å². The third-order valence-electron chi connectivity index (χ3n) is 1.92. The minimum absolute atomic E-state index is 0.0889. The molecule has 92 valence electrons. The van der Waals surface area contributed by atoms with E-state index in [-0.39, 0.29) is 18.1 Å². The number of nitrogens with one attached hydrogen (secondary N) is 2. The number of rotatable bonds is 6. The van der Waals surface area contributed by atoms with Crippen LogP contribution in [0.3, 0.4) is 0 Å². The summed E-state index contributed by atoms with van der Waals surface area (Å²) in [6, 6.07) is 2.99. The number of carbonyl (C=O) groups excluding carboxylic acids is 2. The molecule has 0 spiro atoms. The molecule has 17 heavy (non-hydrogen) atoms. The maximum Gasteiger partial charge on any atom is 0.269 e. The number of hydrogen-bond donors (Lipinski definition) is 3. The lowest BCUT2D eigenvalue weighted by atomic mass is 10.3. The molecule has 0 aliphatic carbocycles. The monoisotopic (exact) mass is 237 g/mol. The number of nitrogens with two attached hydrogens (primary N) is 1. The van der Waals surface area contributed by atoms with Crippen LogP contribution in [0.4, 0.5) is 5.82 Å². The molecule has 1 aromatic heterocycles. The first kappa shape index (κ1) is 12.9. The summed E-state index contributed by atoms with van der Waals surface area (Å²) in [5.74, 6) is -0.334. The highest BCUT2D eigenvalue weighted by atomic mass is 16.2. The third-order valence-corrected chi connectivity index (χ3v) is 1.92. The quantitative estimate of drug-likeness (QED) is 0.618. The molecule has 0 aliphatic rings. The average Bonchev–Trinajstić information content (AvgIpc) is 2.34. The molecule has 0 fully saturated rings. The summed E-state index contributed by atoms with van der Waals surface area (Å²) >= 11 is 0. The molecule has 0 bridgehead atoms. The van der Waals surface area contributed by atoms with E-state index in [0.717, 1.165) is 6.42 Å². The maximum absolute atomic E-state index is 11.3. The molecule has 0 saturated heterocycles. The number of nitrogens with zero attached hydrogens (tertiary/aromatic N) is 2. The zero-order valence-corrected chi connectivity index (χ0v) is 9.56. The van der Waals surface area contributed by atoms with Gasteiger partial charge in [-0.1, -0.05) is 6.92 Å². The van der Waals surface area contributed by atoms with Crippen molar-refractivity contribution in [3.8, 4) is 0 Å².